The van der Waals surface area contributed by atoms with Crippen molar-refractivity contribution in [2.45, 2.75) is 32.5 Å². The number of carbonyl (C=O) groups is 1. The Morgan fingerprint density at radius 1 is 1.21 bits per heavy atom. The lowest BCUT2D eigenvalue weighted by atomic mass is 10.1. The number of carbonyl (C=O) groups excluding carboxylic acids is 1. The van der Waals surface area contributed by atoms with Gasteiger partial charge in [0.2, 0.25) is 5.91 Å². The van der Waals surface area contributed by atoms with Gasteiger partial charge in [0.15, 0.2) is 0 Å². The number of hydrogen-bond acceptors (Lipinski definition) is 7. The van der Waals surface area contributed by atoms with Gasteiger partial charge < -0.3 is 16.0 Å². The third-order valence-electron chi connectivity index (χ3n) is 5.36. The van der Waals surface area contributed by atoms with Crippen molar-refractivity contribution in [2.24, 2.45) is 5.73 Å². The third-order valence-corrected chi connectivity index (χ3v) is 6.18. The highest BCUT2D eigenvalue weighted by Crippen LogP contribution is 2.31. The molecule has 3 aromatic rings. The summed E-state index contributed by atoms with van der Waals surface area (Å²) < 4.78 is 0. The molecule has 1 aliphatic rings. The first-order chi connectivity index (χ1) is 14.1. The van der Waals surface area contributed by atoms with E-state index in [1.165, 1.54) is 0 Å². The summed E-state index contributed by atoms with van der Waals surface area (Å²) in [6, 6.07) is 10.2. The molecule has 1 saturated heterocycles. The van der Waals surface area contributed by atoms with Gasteiger partial charge in [-0.3, -0.25) is 9.69 Å². The lowest BCUT2D eigenvalue weighted by Crippen LogP contribution is -2.58. The van der Waals surface area contributed by atoms with Crippen molar-refractivity contribution in [1.29, 1.82) is 0 Å². The zero-order valence-electron chi connectivity index (χ0n) is 16.7. The zero-order chi connectivity index (χ0) is 20.4. The average molecular weight is 411 g/mol. The highest BCUT2D eigenvalue weighted by atomic mass is 32.1. The molecule has 1 aliphatic heterocycles. The molecule has 1 aromatic carbocycles. The zero-order valence-corrected chi connectivity index (χ0v) is 17.5. The van der Waals surface area contributed by atoms with Crippen LogP contribution in [0.4, 0.5) is 11.5 Å². The van der Waals surface area contributed by atoms with Gasteiger partial charge in [-0.05, 0) is 36.9 Å². The highest BCUT2D eigenvalue weighted by molar-refractivity contribution is 7.16. The molecule has 0 bridgehead atoms. The summed E-state index contributed by atoms with van der Waals surface area (Å²) in [6.07, 6.45) is 1.64. The Hall–Kier alpha value is -2.55. The fraction of sp³-hybridized carbons (Fsp3) is 0.381. The van der Waals surface area contributed by atoms with Gasteiger partial charge in [-0.1, -0.05) is 18.2 Å². The maximum Gasteiger partial charge on any atom is 0.238 e. The van der Waals surface area contributed by atoms with Crippen molar-refractivity contribution >= 4 is 39.0 Å². The van der Waals surface area contributed by atoms with E-state index in [0.717, 1.165) is 40.4 Å². The fourth-order valence-electron chi connectivity index (χ4n) is 4.17. The Balaban J connectivity index is 1.44. The van der Waals surface area contributed by atoms with E-state index in [1.54, 1.807) is 17.7 Å². The molecule has 1 fully saturated rings. The van der Waals surface area contributed by atoms with Gasteiger partial charge in [-0.25, -0.2) is 9.97 Å². The number of rotatable bonds is 5. The van der Waals surface area contributed by atoms with E-state index in [-0.39, 0.29) is 18.0 Å². The van der Waals surface area contributed by atoms with Crippen molar-refractivity contribution < 1.29 is 4.79 Å². The molecule has 4 rings (SSSR count). The second-order valence-electron chi connectivity index (χ2n) is 7.55. The Labute approximate surface area is 174 Å². The van der Waals surface area contributed by atoms with E-state index < -0.39 is 0 Å². The van der Waals surface area contributed by atoms with Crippen molar-refractivity contribution in [3.8, 4) is 0 Å². The quantitative estimate of drug-likeness (QED) is 0.672. The predicted molar refractivity (Wildman–Crippen MR) is 118 cm³/mol. The van der Waals surface area contributed by atoms with E-state index in [2.05, 4.69) is 50.4 Å². The van der Waals surface area contributed by atoms with Crippen LogP contribution in [0.15, 0.2) is 42.0 Å². The number of benzene rings is 1. The highest BCUT2D eigenvalue weighted by Gasteiger charge is 2.32. The molecule has 0 spiro atoms. The van der Waals surface area contributed by atoms with Crippen LogP contribution in [-0.4, -0.2) is 52.5 Å². The van der Waals surface area contributed by atoms with Crippen LogP contribution in [0, 0.1) is 0 Å². The number of hydrogen-bond donors (Lipinski definition) is 2. The minimum Gasteiger partial charge on any atom is -0.348 e. The molecule has 1 amide bonds. The van der Waals surface area contributed by atoms with Gasteiger partial charge in [-0.2, -0.15) is 0 Å². The number of piperazine rings is 1. The number of fused-ring (bicyclic) bond motifs is 1. The molecule has 0 saturated carbocycles. The van der Waals surface area contributed by atoms with E-state index in [9.17, 15) is 4.79 Å². The maximum atomic E-state index is 12.6. The van der Waals surface area contributed by atoms with E-state index in [4.69, 9.17) is 5.73 Å². The molecule has 7 nitrogen and oxygen atoms in total. The monoisotopic (exact) mass is 410 g/mol. The van der Waals surface area contributed by atoms with Crippen LogP contribution in [0.5, 0.6) is 0 Å². The minimum absolute atomic E-state index is 0.0130. The summed E-state index contributed by atoms with van der Waals surface area (Å²) in [7, 11) is 0. The smallest absolute Gasteiger partial charge is 0.238 e. The standard InChI is InChI=1S/C21H26N6OS/c1-14-10-26(12-19(28)25-18-6-4-3-5-16(18)9-22)11-15(2)27(14)20-17-7-8-29-21(17)24-13-23-20/h3-8,13-15H,9-12,22H2,1-2H3,(H,25,28). The molecule has 152 valence electrons. The number of nitrogens with two attached hydrogens (primary N) is 1. The SMILES string of the molecule is CC1CN(CC(=O)Nc2ccccc2CN)CC(C)N1c1ncnc2sccc12. The van der Waals surface area contributed by atoms with Gasteiger partial charge >= 0.3 is 0 Å². The van der Waals surface area contributed by atoms with Gasteiger partial charge in [0.1, 0.15) is 17.0 Å². The van der Waals surface area contributed by atoms with E-state index in [0.29, 0.717) is 13.1 Å². The molecule has 29 heavy (non-hydrogen) atoms. The first kappa shape index (κ1) is 19.8. The van der Waals surface area contributed by atoms with E-state index in [1.807, 2.05) is 24.3 Å². The summed E-state index contributed by atoms with van der Waals surface area (Å²) in [6.45, 7) is 6.73. The van der Waals surface area contributed by atoms with Crippen molar-refractivity contribution in [2.75, 3.05) is 29.9 Å². The summed E-state index contributed by atoms with van der Waals surface area (Å²) >= 11 is 1.63. The van der Waals surface area contributed by atoms with Gasteiger partial charge in [0.25, 0.3) is 0 Å². The van der Waals surface area contributed by atoms with Crippen molar-refractivity contribution in [1.82, 2.24) is 14.9 Å². The molecule has 2 aromatic heterocycles. The average Bonchev–Trinajstić information content (AvgIpc) is 3.17. The van der Waals surface area contributed by atoms with Gasteiger partial charge in [-0.15, -0.1) is 11.3 Å². The van der Waals surface area contributed by atoms with Gasteiger partial charge in [0, 0.05) is 37.4 Å². The minimum atomic E-state index is -0.0130. The normalized spacial score (nSPS) is 20.2. The van der Waals surface area contributed by atoms with Crippen LogP contribution >= 0.6 is 11.3 Å². The molecule has 2 unspecified atom stereocenters. The Morgan fingerprint density at radius 3 is 2.72 bits per heavy atom. The van der Waals surface area contributed by atoms with Crippen molar-refractivity contribution in [3.63, 3.8) is 0 Å². The molecule has 2 atom stereocenters. The summed E-state index contributed by atoms with van der Waals surface area (Å²) in [5.74, 6) is 0.971. The largest absolute Gasteiger partial charge is 0.348 e. The van der Waals surface area contributed by atoms with Crippen LogP contribution in [0.25, 0.3) is 10.2 Å². The molecular formula is C21H26N6OS. The molecule has 0 aliphatic carbocycles. The topological polar surface area (TPSA) is 87.4 Å². The van der Waals surface area contributed by atoms with Crippen molar-refractivity contribution in [3.05, 3.63) is 47.6 Å². The Bertz CT molecular complexity index is 994. The molecular weight excluding hydrogens is 384 g/mol. The second kappa shape index (κ2) is 8.44. The number of nitrogens with zero attached hydrogens (tertiary/aromatic N) is 4. The Morgan fingerprint density at radius 2 is 1.97 bits per heavy atom. The number of amides is 1. The number of thiophene rings is 1. The number of anilines is 2. The molecule has 0 radical (unpaired) electrons. The molecule has 8 heteroatoms. The van der Waals surface area contributed by atoms with Crippen LogP contribution in [0.1, 0.15) is 19.4 Å². The summed E-state index contributed by atoms with van der Waals surface area (Å²) in [5.41, 5.74) is 7.51. The van der Waals surface area contributed by atoms with Gasteiger partial charge in [0.05, 0.1) is 11.9 Å². The number of para-hydroxylation sites is 1. The number of aromatic nitrogens is 2. The first-order valence-electron chi connectivity index (χ1n) is 9.83. The first-order valence-corrected chi connectivity index (χ1v) is 10.7. The van der Waals surface area contributed by atoms with Crippen LogP contribution in [-0.2, 0) is 11.3 Å². The summed E-state index contributed by atoms with van der Waals surface area (Å²) in [5, 5.41) is 6.16. The number of nitrogens with one attached hydrogen (secondary N) is 1. The predicted octanol–water partition coefficient (Wildman–Crippen LogP) is 2.69. The second-order valence-corrected chi connectivity index (χ2v) is 8.44. The summed E-state index contributed by atoms with van der Waals surface area (Å²) in [4.78, 5) is 27.1. The lowest BCUT2D eigenvalue weighted by Gasteiger charge is -2.45. The van der Waals surface area contributed by atoms with Crippen LogP contribution < -0.4 is 16.0 Å². The lowest BCUT2D eigenvalue weighted by molar-refractivity contribution is -0.117. The van der Waals surface area contributed by atoms with Crippen LogP contribution in [0.2, 0.25) is 0 Å². The maximum absolute atomic E-state index is 12.6. The third kappa shape index (κ3) is 4.10. The van der Waals surface area contributed by atoms with Crippen LogP contribution in [0.3, 0.4) is 0 Å². The Kier molecular flexibility index (Phi) is 5.75. The molecule has 3 N–H and O–H groups in total. The molecule has 3 heterocycles. The van der Waals surface area contributed by atoms with E-state index >= 15 is 0 Å². The fourth-order valence-corrected chi connectivity index (χ4v) is 4.90.